The SMILES string of the molecule is CCCC(CCC)OC(=O)CBr. The highest BCUT2D eigenvalue weighted by Gasteiger charge is 2.10. The molecular formula is C9H17BrO2. The zero-order valence-corrected chi connectivity index (χ0v) is 9.39. The van der Waals surface area contributed by atoms with Crippen LogP contribution in [0.25, 0.3) is 0 Å². The Morgan fingerprint density at radius 1 is 1.33 bits per heavy atom. The van der Waals surface area contributed by atoms with Gasteiger partial charge in [-0.3, -0.25) is 4.79 Å². The molecule has 0 N–H and O–H groups in total. The highest BCUT2D eigenvalue weighted by Crippen LogP contribution is 2.09. The van der Waals surface area contributed by atoms with E-state index in [2.05, 4.69) is 29.8 Å². The quantitative estimate of drug-likeness (QED) is 0.524. The summed E-state index contributed by atoms with van der Waals surface area (Å²) >= 11 is 3.07. The fourth-order valence-electron chi connectivity index (χ4n) is 1.12. The van der Waals surface area contributed by atoms with Crippen LogP contribution in [0.1, 0.15) is 39.5 Å². The van der Waals surface area contributed by atoms with Crippen molar-refractivity contribution in [2.24, 2.45) is 0 Å². The summed E-state index contributed by atoms with van der Waals surface area (Å²) in [5, 5.41) is 0.303. The molecule has 3 heteroatoms. The van der Waals surface area contributed by atoms with E-state index in [1.807, 2.05) is 0 Å². The third-order valence-corrected chi connectivity index (χ3v) is 2.09. The summed E-state index contributed by atoms with van der Waals surface area (Å²) in [6.07, 6.45) is 4.23. The van der Waals surface area contributed by atoms with Crippen LogP contribution in [0.5, 0.6) is 0 Å². The fraction of sp³-hybridized carbons (Fsp3) is 0.889. The van der Waals surface area contributed by atoms with Gasteiger partial charge in [-0.1, -0.05) is 42.6 Å². The van der Waals surface area contributed by atoms with Gasteiger partial charge in [0.25, 0.3) is 0 Å². The lowest BCUT2D eigenvalue weighted by Crippen LogP contribution is -2.18. The van der Waals surface area contributed by atoms with Gasteiger partial charge in [-0.15, -0.1) is 0 Å². The van der Waals surface area contributed by atoms with Gasteiger partial charge in [-0.05, 0) is 12.8 Å². The Kier molecular flexibility index (Phi) is 7.56. The van der Waals surface area contributed by atoms with E-state index in [4.69, 9.17) is 4.74 Å². The molecule has 0 fully saturated rings. The Morgan fingerprint density at radius 2 is 1.83 bits per heavy atom. The zero-order chi connectivity index (χ0) is 9.40. The van der Waals surface area contributed by atoms with Crippen LogP contribution in [-0.4, -0.2) is 17.4 Å². The van der Waals surface area contributed by atoms with Crippen molar-refractivity contribution in [3.8, 4) is 0 Å². The van der Waals surface area contributed by atoms with Gasteiger partial charge >= 0.3 is 5.97 Å². The van der Waals surface area contributed by atoms with Crippen LogP contribution >= 0.6 is 15.9 Å². The van der Waals surface area contributed by atoms with E-state index in [9.17, 15) is 4.79 Å². The summed E-state index contributed by atoms with van der Waals surface area (Å²) in [6, 6.07) is 0. The lowest BCUT2D eigenvalue weighted by Gasteiger charge is -2.15. The minimum Gasteiger partial charge on any atom is -0.462 e. The lowest BCUT2D eigenvalue weighted by molar-refractivity contribution is -0.146. The molecule has 0 aliphatic heterocycles. The highest BCUT2D eigenvalue weighted by atomic mass is 79.9. The van der Waals surface area contributed by atoms with Gasteiger partial charge < -0.3 is 4.74 Å². The third-order valence-electron chi connectivity index (χ3n) is 1.63. The first-order valence-electron chi connectivity index (χ1n) is 4.50. The summed E-state index contributed by atoms with van der Waals surface area (Å²) < 4.78 is 5.19. The van der Waals surface area contributed by atoms with Crippen molar-refractivity contribution in [3.63, 3.8) is 0 Å². The number of hydrogen-bond donors (Lipinski definition) is 0. The molecule has 0 unspecified atom stereocenters. The first-order valence-corrected chi connectivity index (χ1v) is 5.62. The Morgan fingerprint density at radius 3 is 2.17 bits per heavy atom. The number of rotatable bonds is 6. The number of halogens is 1. The first-order chi connectivity index (χ1) is 5.74. The van der Waals surface area contributed by atoms with Gasteiger partial charge in [0.15, 0.2) is 0 Å². The van der Waals surface area contributed by atoms with E-state index in [1.54, 1.807) is 0 Å². The second kappa shape index (κ2) is 7.59. The second-order valence-electron chi connectivity index (χ2n) is 2.82. The molecule has 0 rings (SSSR count). The highest BCUT2D eigenvalue weighted by molar-refractivity contribution is 9.09. The molecule has 0 bridgehead atoms. The predicted molar refractivity (Wildman–Crippen MR) is 53.5 cm³/mol. The molecule has 72 valence electrons. The standard InChI is InChI=1S/C9H17BrO2/c1-3-5-8(6-4-2)12-9(11)7-10/h8H,3-7H2,1-2H3. The monoisotopic (exact) mass is 236 g/mol. The zero-order valence-electron chi connectivity index (χ0n) is 7.81. The Hall–Kier alpha value is -0.0500. The van der Waals surface area contributed by atoms with E-state index in [0.29, 0.717) is 5.33 Å². The molecule has 12 heavy (non-hydrogen) atoms. The van der Waals surface area contributed by atoms with Gasteiger partial charge in [-0.2, -0.15) is 0 Å². The van der Waals surface area contributed by atoms with E-state index < -0.39 is 0 Å². The van der Waals surface area contributed by atoms with Gasteiger partial charge in [0.2, 0.25) is 0 Å². The van der Waals surface area contributed by atoms with Crippen LogP contribution < -0.4 is 0 Å². The maximum Gasteiger partial charge on any atom is 0.316 e. The molecule has 0 aromatic carbocycles. The van der Waals surface area contributed by atoms with Gasteiger partial charge in [-0.25, -0.2) is 0 Å². The summed E-state index contributed by atoms with van der Waals surface area (Å²) in [5.74, 6) is -0.151. The van der Waals surface area contributed by atoms with Crippen molar-refractivity contribution in [3.05, 3.63) is 0 Å². The molecule has 2 nitrogen and oxygen atoms in total. The fourth-order valence-corrected chi connectivity index (χ4v) is 1.26. The van der Waals surface area contributed by atoms with Crippen LogP contribution in [0.3, 0.4) is 0 Å². The molecule has 0 atom stereocenters. The largest absolute Gasteiger partial charge is 0.462 e. The van der Waals surface area contributed by atoms with Crippen molar-refractivity contribution in [1.29, 1.82) is 0 Å². The summed E-state index contributed by atoms with van der Waals surface area (Å²) in [4.78, 5) is 10.9. The summed E-state index contributed by atoms with van der Waals surface area (Å²) in [7, 11) is 0. The minimum atomic E-state index is -0.151. The van der Waals surface area contributed by atoms with Crippen molar-refractivity contribution in [2.75, 3.05) is 5.33 Å². The summed E-state index contributed by atoms with van der Waals surface area (Å²) in [6.45, 7) is 4.20. The van der Waals surface area contributed by atoms with Crippen LogP contribution in [0.15, 0.2) is 0 Å². The molecule has 0 heterocycles. The average Bonchev–Trinajstić information content (AvgIpc) is 2.05. The summed E-state index contributed by atoms with van der Waals surface area (Å²) in [5.41, 5.74) is 0. The average molecular weight is 237 g/mol. The van der Waals surface area contributed by atoms with E-state index >= 15 is 0 Å². The smallest absolute Gasteiger partial charge is 0.316 e. The Bertz CT molecular complexity index is 120. The molecule has 0 amide bonds. The Balaban J connectivity index is 3.68. The lowest BCUT2D eigenvalue weighted by atomic mass is 10.1. The molecular weight excluding hydrogens is 220 g/mol. The van der Waals surface area contributed by atoms with Gasteiger partial charge in [0.05, 0.1) is 0 Å². The Labute approximate surface area is 82.8 Å². The minimum absolute atomic E-state index is 0.130. The van der Waals surface area contributed by atoms with Crippen LogP contribution in [0, 0.1) is 0 Å². The number of carbonyl (C=O) groups excluding carboxylic acids is 1. The normalized spacial score (nSPS) is 10.3. The molecule has 0 radical (unpaired) electrons. The van der Waals surface area contributed by atoms with Crippen LogP contribution in [0.2, 0.25) is 0 Å². The molecule has 0 saturated heterocycles. The molecule has 0 aliphatic rings. The number of hydrogen-bond acceptors (Lipinski definition) is 2. The number of carbonyl (C=O) groups is 1. The van der Waals surface area contributed by atoms with Crippen molar-refractivity contribution >= 4 is 21.9 Å². The third kappa shape index (κ3) is 5.58. The van der Waals surface area contributed by atoms with Gasteiger partial charge in [0, 0.05) is 0 Å². The van der Waals surface area contributed by atoms with Crippen LogP contribution in [-0.2, 0) is 9.53 Å². The molecule has 0 aromatic heterocycles. The number of ether oxygens (including phenoxy) is 1. The van der Waals surface area contributed by atoms with Crippen LogP contribution in [0.4, 0.5) is 0 Å². The molecule has 0 aliphatic carbocycles. The predicted octanol–water partition coefficient (Wildman–Crippen LogP) is 2.89. The second-order valence-corrected chi connectivity index (χ2v) is 3.38. The maximum atomic E-state index is 10.9. The number of esters is 1. The van der Waals surface area contributed by atoms with E-state index in [0.717, 1.165) is 25.7 Å². The van der Waals surface area contributed by atoms with E-state index in [1.165, 1.54) is 0 Å². The van der Waals surface area contributed by atoms with Crippen molar-refractivity contribution in [2.45, 2.75) is 45.6 Å². The molecule has 0 aromatic rings. The van der Waals surface area contributed by atoms with Crippen molar-refractivity contribution < 1.29 is 9.53 Å². The molecule has 0 spiro atoms. The molecule has 0 saturated carbocycles. The van der Waals surface area contributed by atoms with Crippen molar-refractivity contribution in [1.82, 2.24) is 0 Å². The maximum absolute atomic E-state index is 10.9. The first kappa shape index (κ1) is 11.9. The van der Waals surface area contributed by atoms with E-state index in [-0.39, 0.29) is 12.1 Å². The topological polar surface area (TPSA) is 26.3 Å². The number of alkyl halides is 1. The van der Waals surface area contributed by atoms with Gasteiger partial charge in [0.1, 0.15) is 11.4 Å².